The number of likely N-dealkylation sites (tertiary alicyclic amines) is 1. The number of carbonyl (C=O) groups excluding carboxylic acids is 2. The molecule has 188 valence electrons. The van der Waals surface area contributed by atoms with Crippen LogP contribution in [0.5, 0.6) is 11.5 Å². The molecule has 0 aliphatic carbocycles. The van der Waals surface area contributed by atoms with E-state index in [4.69, 9.17) is 9.47 Å². The minimum atomic E-state index is -0.696. The summed E-state index contributed by atoms with van der Waals surface area (Å²) in [4.78, 5) is 30.3. The molecule has 1 N–H and O–H groups in total. The monoisotopic (exact) mass is 480 g/mol. The zero-order valence-corrected chi connectivity index (χ0v) is 21.1. The van der Waals surface area contributed by atoms with Crippen molar-refractivity contribution in [1.29, 1.82) is 0 Å². The number of Topliss-reactive ketones (excluding diaryl/α,β-unsaturated/α-hetero) is 1. The first-order valence-electron chi connectivity index (χ1n) is 12.4. The van der Waals surface area contributed by atoms with Crippen molar-refractivity contribution in [1.82, 2.24) is 9.80 Å². The van der Waals surface area contributed by atoms with E-state index < -0.39 is 17.7 Å². The summed E-state index contributed by atoms with van der Waals surface area (Å²) in [6.45, 7) is 12.1. The van der Waals surface area contributed by atoms with Crippen LogP contribution in [0, 0.1) is 0 Å². The van der Waals surface area contributed by atoms with Crippen molar-refractivity contribution in [3.63, 3.8) is 0 Å². The fraction of sp³-hybridized carbons (Fsp3) is 0.429. The normalized spacial score (nSPS) is 17.3. The number of aliphatic hydroxyl groups is 1. The molecule has 1 atom stereocenters. The number of carbonyl (C=O) groups is 2. The second kappa shape index (κ2) is 12.4. The van der Waals surface area contributed by atoms with Gasteiger partial charge in [0, 0.05) is 12.1 Å². The molecule has 1 amide bonds. The number of nitrogens with zero attached hydrogens (tertiary/aromatic N) is 2. The summed E-state index contributed by atoms with van der Waals surface area (Å²) in [5, 5.41) is 11.2. The Morgan fingerprint density at radius 3 is 2.23 bits per heavy atom. The van der Waals surface area contributed by atoms with E-state index in [-0.39, 0.29) is 11.3 Å². The first kappa shape index (κ1) is 26.3. The summed E-state index contributed by atoms with van der Waals surface area (Å²) in [7, 11) is 0. The van der Waals surface area contributed by atoms with Crippen LogP contribution in [-0.2, 0) is 9.59 Å². The van der Waals surface area contributed by atoms with Gasteiger partial charge < -0.3 is 24.4 Å². The van der Waals surface area contributed by atoms with E-state index in [1.54, 1.807) is 29.2 Å². The maximum Gasteiger partial charge on any atom is 0.295 e. The molecule has 1 unspecified atom stereocenters. The largest absolute Gasteiger partial charge is 0.507 e. The quantitative estimate of drug-likeness (QED) is 0.271. The lowest BCUT2D eigenvalue weighted by Crippen LogP contribution is -2.33. The Bertz CT molecular complexity index is 1040. The second-order valence-electron chi connectivity index (χ2n) is 8.34. The van der Waals surface area contributed by atoms with Crippen LogP contribution in [0.4, 0.5) is 0 Å². The van der Waals surface area contributed by atoms with E-state index >= 15 is 0 Å². The predicted octanol–water partition coefficient (Wildman–Crippen LogP) is 4.64. The van der Waals surface area contributed by atoms with Crippen molar-refractivity contribution in [2.75, 3.05) is 39.4 Å². The summed E-state index contributed by atoms with van der Waals surface area (Å²) < 4.78 is 11.2. The third-order valence-corrected chi connectivity index (χ3v) is 6.23. The molecule has 0 radical (unpaired) electrons. The molecule has 0 saturated carbocycles. The standard InChI is InChI=1S/C28H36N2O5/c1-5-29(6-2)17-10-18-30-25(21-11-9-12-23(19-21)35-8-4)24(27(32)28(30)33)26(31)20-13-15-22(16-14-20)34-7-3/h9,11-16,19,25,31H,5-8,10,17-18H2,1-4H3. The minimum Gasteiger partial charge on any atom is -0.507 e. The first-order chi connectivity index (χ1) is 16.9. The highest BCUT2D eigenvalue weighted by molar-refractivity contribution is 6.46. The highest BCUT2D eigenvalue weighted by Gasteiger charge is 2.45. The van der Waals surface area contributed by atoms with Gasteiger partial charge in [-0.3, -0.25) is 9.59 Å². The molecule has 35 heavy (non-hydrogen) atoms. The summed E-state index contributed by atoms with van der Waals surface area (Å²) in [5.74, 6) is -0.138. The third kappa shape index (κ3) is 6.03. The van der Waals surface area contributed by atoms with Gasteiger partial charge in [-0.25, -0.2) is 0 Å². The van der Waals surface area contributed by atoms with Crippen LogP contribution in [0.1, 0.15) is 51.3 Å². The lowest BCUT2D eigenvalue weighted by molar-refractivity contribution is -0.140. The van der Waals surface area contributed by atoms with Crippen molar-refractivity contribution in [2.45, 2.75) is 40.2 Å². The van der Waals surface area contributed by atoms with Crippen molar-refractivity contribution in [2.24, 2.45) is 0 Å². The zero-order valence-electron chi connectivity index (χ0n) is 21.1. The highest BCUT2D eigenvalue weighted by atomic mass is 16.5. The van der Waals surface area contributed by atoms with Crippen LogP contribution < -0.4 is 9.47 Å². The predicted molar refractivity (Wildman–Crippen MR) is 137 cm³/mol. The van der Waals surface area contributed by atoms with Gasteiger partial charge in [0.2, 0.25) is 0 Å². The van der Waals surface area contributed by atoms with Crippen molar-refractivity contribution in [3.8, 4) is 11.5 Å². The molecule has 1 heterocycles. The van der Waals surface area contributed by atoms with Gasteiger partial charge in [0.1, 0.15) is 17.3 Å². The summed E-state index contributed by atoms with van der Waals surface area (Å²) in [6.07, 6.45) is 0.722. The minimum absolute atomic E-state index is 0.0932. The number of hydrogen-bond acceptors (Lipinski definition) is 6. The molecule has 1 aliphatic rings. The Morgan fingerprint density at radius 1 is 0.943 bits per heavy atom. The topological polar surface area (TPSA) is 79.3 Å². The summed E-state index contributed by atoms with van der Waals surface area (Å²) >= 11 is 0. The van der Waals surface area contributed by atoms with Gasteiger partial charge in [-0.2, -0.15) is 0 Å². The molecule has 1 saturated heterocycles. The van der Waals surface area contributed by atoms with Gasteiger partial charge in [0.05, 0.1) is 24.8 Å². The van der Waals surface area contributed by atoms with Crippen LogP contribution in [0.25, 0.3) is 5.76 Å². The molecular weight excluding hydrogens is 444 g/mol. The summed E-state index contributed by atoms with van der Waals surface area (Å²) in [6, 6.07) is 13.6. The van der Waals surface area contributed by atoms with E-state index in [1.807, 2.05) is 38.1 Å². The molecule has 0 bridgehead atoms. The Morgan fingerprint density at radius 2 is 1.60 bits per heavy atom. The molecule has 3 rings (SSSR count). The number of ketones is 1. The number of amides is 1. The Labute approximate surface area is 207 Å². The average Bonchev–Trinajstić information content (AvgIpc) is 3.12. The zero-order chi connectivity index (χ0) is 25.4. The molecular formula is C28H36N2O5. The van der Waals surface area contributed by atoms with Crippen LogP contribution in [-0.4, -0.2) is 66.0 Å². The van der Waals surface area contributed by atoms with Gasteiger partial charge in [0.15, 0.2) is 0 Å². The van der Waals surface area contributed by atoms with Crippen LogP contribution in [0.3, 0.4) is 0 Å². The maximum absolute atomic E-state index is 13.2. The van der Waals surface area contributed by atoms with Crippen LogP contribution in [0.2, 0.25) is 0 Å². The van der Waals surface area contributed by atoms with Gasteiger partial charge in [-0.05, 0) is 81.9 Å². The smallest absolute Gasteiger partial charge is 0.295 e. The van der Waals surface area contributed by atoms with E-state index in [1.165, 1.54) is 0 Å². The fourth-order valence-corrected chi connectivity index (χ4v) is 4.43. The van der Waals surface area contributed by atoms with Crippen molar-refractivity contribution < 1.29 is 24.2 Å². The summed E-state index contributed by atoms with van der Waals surface area (Å²) in [5.41, 5.74) is 1.28. The molecule has 1 fully saturated rings. The highest BCUT2D eigenvalue weighted by Crippen LogP contribution is 2.40. The first-order valence-corrected chi connectivity index (χ1v) is 12.4. The average molecular weight is 481 g/mol. The van der Waals surface area contributed by atoms with Gasteiger partial charge in [-0.1, -0.05) is 26.0 Å². The van der Waals surface area contributed by atoms with Crippen molar-refractivity contribution >= 4 is 17.4 Å². The number of hydrogen-bond donors (Lipinski definition) is 1. The number of aliphatic hydroxyl groups excluding tert-OH is 1. The van der Waals surface area contributed by atoms with Gasteiger partial charge in [-0.15, -0.1) is 0 Å². The Kier molecular flexibility index (Phi) is 9.32. The number of benzene rings is 2. The number of rotatable bonds is 12. The fourth-order valence-electron chi connectivity index (χ4n) is 4.43. The SMILES string of the molecule is CCOc1ccc(C(O)=C2C(=O)C(=O)N(CCCN(CC)CC)C2c2cccc(OCC)c2)cc1. The van der Waals surface area contributed by atoms with Gasteiger partial charge >= 0.3 is 0 Å². The Hall–Kier alpha value is -3.32. The van der Waals surface area contributed by atoms with Gasteiger partial charge in [0.25, 0.3) is 11.7 Å². The molecule has 0 spiro atoms. The molecule has 0 aromatic heterocycles. The van der Waals surface area contributed by atoms with E-state index in [2.05, 4.69) is 18.7 Å². The van der Waals surface area contributed by atoms with Crippen LogP contribution in [0.15, 0.2) is 54.1 Å². The van der Waals surface area contributed by atoms with Crippen molar-refractivity contribution in [3.05, 3.63) is 65.2 Å². The molecule has 7 nitrogen and oxygen atoms in total. The Balaban J connectivity index is 2.03. The molecule has 1 aliphatic heterocycles. The van der Waals surface area contributed by atoms with E-state index in [0.29, 0.717) is 36.8 Å². The molecule has 7 heteroatoms. The van der Waals surface area contributed by atoms with Crippen LogP contribution >= 0.6 is 0 Å². The molecule has 2 aromatic rings. The lowest BCUT2D eigenvalue weighted by Gasteiger charge is -2.27. The van der Waals surface area contributed by atoms with E-state index in [9.17, 15) is 14.7 Å². The second-order valence-corrected chi connectivity index (χ2v) is 8.34. The maximum atomic E-state index is 13.2. The van der Waals surface area contributed by atoms with E-state index in [0.717, 1.165) is 31.6 Å². The lowest BCUT2D eigenvalue weighted by atomic mass is 9.95. The molecule has 2 aromatic carbocycles. The third-order valence-electron chi connectivity index (χ3n) is 6.23. The number of ether oxygens (including phenoxy) is 2.